The number of amides is 1. The first-order valence-corrected chi connectivity index (χ1v) is 6.72. The van der Waals surface area contributed by atoms with Gasteiger partial charge in [0, 0.05) is 12.6 Å². The van der Waals surface area contributed by atoms with Crippen molar-refractivity contribution in [3.05, 3.63) is 0 Å². The van der Waals surface area contributed by atoms with E-state index < -0.39 is 0 Å². The zero-order valence-electron chi connectivity index (χ0n) is 10.3. The third kappa shape index (κ3) is 2.57. The van der Waals surface area contributed by atoms with Crippen molar-refractivity contribution in [2.45, 2.75) is 51.5 Å². The van der Waals surface area contributed by atoms with E-state index in [0.717, 1.165) is 25.4 Å². The van der Waals surface area contributed by atoms with Crippen LogP contribution in [0.1, 0.15) is 45.4 Å². The molecule has 0 aromatic rings. The second kappa shape index (κ2) is 5.17. The lowest BCUT2D eigenvalue weighted by molar-refractivity contribution is -0.121. The topological polar surface area (TPSA) is 46.3 Å². The summed E-state index contributed by atoms with van der Waals surface area (Å²) in [6.07, 6.45) is 7.90. The maximum atomic E-state index is 11.1. The predicted molar refractivity (Wildman–Crippen MR) is 64.9 cm³/mol. The molecule has 2 rings (SSSR count). The summed E-state index contributed by atoms with van der Waals surface area (Å²) in [6.45, 7) is 4.29. The predicted octanol–water partition coefficient (Wildman–Crippen LogP) is 1.76. The summed E-state index contributed by atoms with van der Waals surface area (Å²) in [4.78, 5) is 13.6. The highest BCUT2D eigenvalue weighted by Crippen LogP contribution is 2.31. The summed E-state index contributed by atoms with van der Waals surface area (Å²) in [6, 6.07) is 0.643. The Morgan fingerprint density at radius 3 is 2.50 bits per heavy atom. The normalized spacial score (nSPS) is 30.4. The van der Waals surface area contributed by atoms with Crippen LogP contribution in [0.5, 0.6) is 0 Å². The Labute approximate surface area is 98.4 Å². The minimum Gasteiger partial charge on any atom is -0.369 e. The van der Waals surface area contributed by atoms with E-state index in [9.17, 15) is 4.79 Å². The zero-order valence-corrected chi connectivity index (χ0v) is 10.3. The molecule has 0 aromatic carbocycles. The van der Waals surface area contributed by atoms with E-state index in [2.05, 4.69) is 11.8 Å². The van der Waals surface area contributed by atoms with Gasteiger partial charge in [-0.15, -0.1) is 0 Å². The average molecular weight is 224 g/mol. The van der Waals surface area contributed by atoms with Gasteiger partial charge in [0.25, 0.3) is 0 Å². The van der Waals surface area contributed by atoms with Crippen LogP contribution in [0.25, 0.3) is 0 Å². The molecule has 0 aromatic heterocycles. The van der Waals surface area contributed by atoms with Gasteiger partial charge in [-0.2, -0.15) is 0 Å². The van der Waals surface area contributed by atoms with Gasteiger partial charge in [0.1, 0.15) is 0 Å². The highest BCUT2D eigenvalue weighted by Gasteiger charge is 2.32. The lowest BCUT2D eigenvalue weighted by Crippen LogP contribution is -2.38. The molecule has 3 heteroatoms. The number of rotatable bonds is 3. The Balaban J connectivity index is 1.85. The first-order valence-electron chi connectivity index (χ1n) is 6.72. The summed E-state index contributed by atoms with van der Waals surface area (Å²) in [5, 5.41) is 0. The molecule has 1 saturated carbocycles. The summed E-state index contributed by atoms with van der Waals surface area (Å²) >= 11 is 0. The van der Waals surface area contributed by atoms with Gasteiger partial charge in [-0.1, -0.05) is 19.3 Å². The number of hydrogen-bond acceptors (Lipinski definition) is 2. The van der Waals surface area contributed by atoms with E-state index in [4.69, 9.17) is 5.73 Å². The molecule has 2 N–H and O–H groups in total. The van der Waals surface area contributed by atoms with Crippen LogP contribution >= 0.6 is 0 Å². The Bertz CT molecular complexity index is 248. The third-order valence-electron chi connectivity index (χ3n) is 4.53. The quantitative estimate of drug-likeness (QED) is 0.794. The molecular weight excluding hydrogens is 200 g/mol. The molecule has 1 saturated heterocycles. The molecule has 16 heavy (non-hydrogen) atoms. The molecule has 2 aliphatic rings. The SMILES string of the molecule is CC(C1CCCCC1)N1CCC(C(N)=O)C1. The molecule has 92 valence electrons. The maximum absolute atomic E-state index is 11.1. The van der Waals surface area contributed by atoms with Crippen LogP contribution in [-0.4, -0.2) is 29.9 Å². The standard InChI is InChI=1S/C13H24N2O/c1-10(11-5-3-2-4-6-11)15-8-7-12(9-15)13(14)16/h10-12H,2-9H2,1H3,(H2,14,16). The molecule has 1 amide bonds. The lowest BCUT2D eigenvalue weighted by atomic mass is 9.84. The van der Waals surface area contributed by atoms with Gasteiger partial charge >= 0.3 is 0 Å². The van der Waals surface area contributed by atoms with Gasteiger partial charge < -0.3 is 5.73 Å². The third-order valence-corrected chi connectivity index (χ3v) is 4.53. The van der Waals surface area contributed by atoms with Crippen LogP contribution in [0.4, 0.5) is 0 Å². The zero-order chi connectivity index (χ0) is 11.5. The van der Waals surface area contributed by atoms with Crippen LogP contribution in [-0.2, 0) is 4.79 Å². The van der Waals surface area contributed by atoms with Crippen LogP contribution in [0.3, 0.4) is 0 Å². The first kappa shape index (κ1) is 11.9. The van der Waals surface area contributed by atoms with E-state index in [1.54, 1.807) is 0 Å². The second-order valence-electron chi connectivity index (χ2n) is 5.52. The van der Waals surface area contributed by atoms with Gasteiger partial charge in [-0.25, -0.2) is 0 Å². The van der Waals surface area contributed by atoms with E-state index in [1.807, 2.05) is 0 Å². The molecule has 1 aliphatic heterocycles. The highest BCUT2D eigenvalue weighted by atomic mass is 16.1. The smallest absolute Gasteiger partial charge is 0.221 e. The maximum Gasteiger partial charge on any atom is 0.221 e. The fourth-order valence-electron chi connectivity index (χ4n) is 3.30. The fraction of sp³-hybridized carbons (Fsp3) is 0.923. The highest BCUT2D eigenvalue weighted by molar-refractivity contribution is 5.77. The molecule has 0 spiro atoms. The number of hydrogen-bond donors (Lipinski definition) is 1. The fourth-order valence-corrected chi connectivity index (χ4v) is 3.30. The van der Waals surface area contributed by atoms with Gasteiger partial charge in [-0.3, -0.25) is 9.69 Å². The molecule has 2 atom stereocenters. The monoisotopic (exact) mass is 224 g/mol. The van der Waals surface area contributed by atoms with E-state index in [0.29, 0.717) is 6.04 Å². The summed E-state index contributed by atoms with van der Waals surface area (Å²) in [5.41, 5.74) is 5.37. The lowest BCUT2D eigenvalue weighted by Gasteiger charge is -2.34. The van der Waals surface area contributed by atoms with Gasteiger partial charge in [-0.05, 0) is 38.6 Å². The number of likely N-dealkylation sites (tertiary alicyclic amines) is 1. The minimum atomic E-state index is -0.113. The van der Waals surface area contributed by atoms with Gasteiger partial charge in [0.05, 0.1) is 5.92 Å². The summed E-state index contributed by atoms with van der Waals surface area (Å²) < 4.78 is 0. The van der Waals surface area contributed by atoms with Crippen LogP contribution in [0, 0.1) is 11.8 Å². The van der Waals surface area contributed by atoms with Crippen molar-refractivity contribution >= 4 is 5.91 Å². The van der Waals surface area contributed by atoms with E-state index >= 15 is 0 Å². The number of carbonyl (C=O) groups is 1. The molecule has 2 unspecified atom stereocenters. The number of primary amides is 1. The Morgan fingerprint density at radius 2 is 1.94 bits per heavy atom. The van der Waals surface area contributed by atoms with Crippen molar-refractivity contribution in [1.82, 2.24) is 4.90 Å². The minimum absolute atomic E-state index is 0.103. The molecule has 1 aliphatic carbocycles. The summed E-state index contributed by atoms with van der Waals surface area (Å²) in [5.74, 6) is 0.838. The molecule has 0 bridgehead atoms. The Kier molecular flexibility index (Phi) is 3.85. The number of nitrogens with zero attached hydrogens (tertiary/aromatic N) is 1. The van der Waals surface area contributed by atoms with Crippen molar-refractivity contribution in [3.63, 3.8) is 0 Å². The molecule has 0 radical (unpaired) electrons. The average Bonchev–Trinajstić information content (AvgIpc) is 2.78. The second-order valence-corrected chi connectivity index (χ2v) is 5.52. The number of nitrogens with two attached hydrogens (primary N) is 1. The first-order chi connectivity index (χ1) is 7.68. The molecule has 1 heterocycles. The van der Waals surface area contributed by atoms with Gasteiger partial charge in [0.2, 0.25) is 5.91 Å². The van der Waals surface area contributed by atoms with Crippen LogP contribution in [0.15, 0.2) is 0 Å². The van der Waals surface area contributed by atoms with Crippen molar-refractivity contribution in [2.75, 3.05) is 13.1 Å². The van der Waals surface area contributed by atoms with Crippen molar-refractivity contribution in [3.8, 4) is 0 Å². The Morgan fingerprint density at radius 1 is 1.25 bits per heavy atom. The molecule has 2 fully saturated rings. The molecular formula is C13H24N2O. The molecule has 3 nitrogen and oxygen atoms in total. The van der Waals surface area contributed by atoms with Crippen molar-refractivity contribution in [2.24, 2.45) is 17.6 Å². The summed E-state index contributed by atoms with van der Waals surface area (Å²) in [7, 11) is 0. The number of carbonyl (C=O) groups excluding carboxylic acids is 1. The van der Waals surface area contributed by atoms with E-state index in [1.165, 1.54) is 32.1 Å². The largest absolute Gasteiger partial charge is 0.369 e. The van der Waals surface area contributed by atoms with E-state index in [-0.39, 0.29) is 11.8 Å². The van der Waals surface area contributed by atoms with Crippen LogP contribution < -0.4 is 5.73 Å². The van der Waals surface area contributed by atoms with Crippen LogP contribution in [0.2, 0.25) is 0 Å². The van der Waals surface area contributed by atoms with Crippen molar-refractivity contribution in [1.29, 1.82) is 0 Å². The Hall–Kier alpha value is -0.570. The van der Waals surface area contributed by atoms with Crippen molar-refractivity contribution < 1.29 is 4.79 Å². The van der Waals surface area contributed by atoms with Gasteiger partial charge in [0.15, 0.2) is 0 Å².